The van der Waals surface area contributed by atoms with Crippen LogP contribution in [-0.4, -0.2) is 4.57 Å². The van der Waals surface area contributed by atoms with E-state index in [-0.39, 0.29) is 0 Å². The number of benzene rings is 4. The molecule has 29 heavy (non-hydrogen) atoms. The van der Waals surface area contributed by atoms with Crippen LogP contribution in [0.25, 0.3) is 54.3 Å². The standard InChI is InChI=1S/C26H16N2O/c1-16-7-11-25-21(13-16)22-15-18(9-12-26(22)29-25)28-23-6-4-3-5-19(23)20-10-8-17(27-2)14-24(20)28/h3-15H,1H3. The van der Waals surface area contributed by atoms with Gasteiger partial charge in [0.05, 0.1) is 12.1 Å². The normalized spacial score (nSPS) is 11.6. The monoisotopic (exact) mass is 372 g/mol. The highest BCUT2D eigenvalue weighted by Crippen LogP contribution is 2.36. The summed E-state index contributed by atoms with van der Waals surface area (Å²) in [7, 11) is 0. The Morgan fingerprint density at radius 3 is 2.34 bits per heavy atom. The lowest BCUT2D eigenvalue weighted by atomic mass is 10.1. The van der Waals surface area contributed by atoms with Gasteiger partial charge in [0, 0.05) is 32.7 Å². The summed E-state index contributed by atoms with van der Waals surface area (Å²) in [5.41, 5.74) is 6.89. The van der Waals surface area contributed by atoms with E-state index in [1.165, 1.54) is 10.9 Å². The fourth-order valence-electron chi connectivity index (χ4n) is 4.32. The van der Waals surface area contributed by atoms with Crippen molar-refractivity contribution < 1.29 is 4.42 Å². The van der Waals surface area contributed by atoms with Crippen LogP contribution in [0.2, 0.25) is 0 Å². The van der Waals surface area contributed by atoms with Gasteiger partial charge in [0.2, 0.25) is 0 Å². The molecule has 4 aromatic carbocycles. The van der Waals surface area contributed by atoms with Crippen LogP contribution >= 0.6 is 0 Å². The Hall–Kier alpha value is -4.03. The third-order valence-electron chi connectivity index (χ3n) is 5.65. The minimum atomic E-state index is 0.645. The Balaban J connectivity index is 1.74. The average Bonchev–Trinajstić information content (AvgIpc) is 3.28. The molecule has 0 fully saturated rings. The summed E-state index contributed by atoms with van der Waals surface area (Å²) in [5, 5.41) is 4.57. The second kappa shape index (κ2) is 5.73. The molecule has 2 heterocycles. The average molecular weight is 372 g/mol. The maximum atomic E-state index is 7.43. The van der Waals surface area contributed by atoms with Gasteiger partial charge < -0.3 is 8.98 Å². The summed E-state index contributed by atoms with van der Waals surface area (Å²) in [6.07, 6.45) is 0. The highest BCUT2D eigenvalue weighted by atomic mass is 16.3. The van der Waals surface area contributed by atoms with Crippen LogP contribution in [0.4, 0.5) is 5.69 Å². The molecule has 0 amide bonds. The third-order valence-corrected chi connectivity index (χ3v) is 5.65. The van der Waals surface area contributed by atoms with Crippen molar-refractivity contribution in [1.29, 1.82) is 0 Å². The van der Waals surface area contributed by atoms with Gasteiger partial charge in [0.1, 0.15) is 11.2 Å². The van der Waals surface area contributed by atoms with E-state index in [2.05, 4.69) is 70.9 Å². The molecule has 0 saturated heterocycles. The molecule has 0 N–H and O–H groups in total. The maximum absolute atomic E-state index is 7.43. The van der Waals surface area contributed by atoms with Gasteiger partial charge in [-0.15, -0.1) is 0 Å². The lowest BCUT2D eigenvalue weighted by molar-refractivity contribution is 0.669. The quantitative estimate of drug-likeness (QED) is 0.273. The zero-order chi connectivity index (χ0) is 19.5. The number of hydrogen-bond donors (Lipinski definition) is 0. The molecule has 6 aromatic rings. The minimum absolute atomic E-state index is 0.645. The van der Waals surface area contributed by atoms with Crippen LogP contribution in [0.1, 0.15) is 5.56 Å². The number of furan rings is 1. The molecular formula is C26H16N2O. The zero-order valence-corrected chi connectivity index (χ0v) is 15.8. The molecule has 0 aliphatic carbocycles. The Labute approximate surface area is 167 Å². The summed E-state index contributed by atoms with van der Waals surface area (Å²) in [5.74, 6) is 0. The Bertz CT molecular complexity index is 1630. The summed E-state index contributed by atoms with van der Waals surface area (Å²) in [6, 6.07) is 26.9. The van der Waals surface area contributed by atoms with E-state index >= 15 is 0 Å². The molecule has 0 atom stereocenters. The van der Waals surface area contributed by atoms with E-state index in [0.717, 1.165) is 44.0 Å². The van der Waals surface area contributed by atoms with Crippen molar-refractivity contribution in [2.45, 2.75) is 6.92 Å². The molecule has 3 nitrogen and oxygen atoms in total. The van der Waals surface area contributed by atoms with Crippen molar-refractivity contribution in [3.63, 3.8) is 0 Å². The molecule has 0 saturated carbocycles. The highest BCUT2D eigenvalue weighted by molar-refractivity contribution is 6.11. The van der Waals surface area contributed by atoms with Crippen molar-refractivity contribution in [2.24, 2.45) is 0 Å². The smallest absolute Gasteiger partial charge is 0.189 e. The second-order valence-corrected chi connectivity index (χ2v) is 7.45. The summed E-state index contributed by atoms with van der Waals surface area (Å²) < 4.78 is 8.29. The second-order valence-electron chi connectivity index (χ2n) is 7.45. The van der Waals surface area contributed by atoms with Crippen molar-refractivity contribution in [3.05, 3.63) is 95.8 Å². The van der Waals surface area contributed by atoms with Gasteiger partial charge in [0.25, 0.3) is 0 Å². The topological polar surface area (TPSA) is 22.4 Å². The molecule has 0 radical (unpaired) electrons. The van der Waals surface area contributed by atoms with Gasteiger partial charge in [0.15, 0.2) is 5.69 Å². The molecule has 0 spiro atoms. The zero-order valence-electron chi connectivity index (χ0n) is 15.8. The van der Waals surface area contributed by atoms with Crippen LogP contribution in [-0.2, 0) is 0 Å². The van der Waals surface area contributed by atoms with E-state index in [1.54, 1.807) is 0 Å². The van der Waals surface area contributed by atoms with Gasteiger partial charge >= 0.3 is 0 Å². The molecule has 0 unspecified atom stereocenters. The number of nitrogens with zero attached hydrogens (tertiary/aromatic N) is 2. The maximum Gasteiger partial charge on any atom is 0.189 e. The highest BCUT2D eigenvalue weighted by Gasteiger charge is 2.14. The number of aryl methyl sites for hydroxylation is 1. The van der Waals surface area contributed by atoms with E-state index in [9.17, 15) is 0 Å². The van der Waals surface area contributed by atoms with Crippen molar-refractivity contribution in [1.82, 2.24) is 4.57 Å². The third kappa shape index (κ3) is 2.23. The van der Waals surface area contributed by atoms with Gasteiger partial charge in [-0.05, 0) is 49.4 Å². The molecule has 0 aliphatic heterocycles. The summed E-state index contributed by atoms with van der Waals surface area (Å²) in [6.45, 7) is 9.53. The Morgan fingerprint density at radius 2 is 1.48 bits per heavy atom. The first kappa shape index (κ1) is 16.0. The van der Waals surface area contributed by atoms with Gasteiger partial charge in [-0.3, -0.25) is 0 Å². The van der Waals surface area contributed by atoms with Gasteiger partial charge in [-0.1, -0.05) is 42.0 Å². The molecule has 3 heteroatoms. The fourth-order valence-corrected chi connectivity index (χ4v) is 4.32. The van der Waals surface area contributed by atoms with Crippen molar-refractivity contribution >= 4 is 49.4 Å². The summed E-state index contributed by atoms with van der Waals surface area (Å²) >= 11 is 0. The minimum Gasteiger partial charge on any atom is -0.456 e. The Kier molecular flexibility index (Phi) is 3.16. The first-order valence-electron chi connectivity index (χ1n) is 9.57. The summed E-state index contributed by atoms with van der Waals surface area (Å²) in [4.78, 5) is 3.64. The van der Waals surface area contributed by atoms with Crippen LogP contribution < -0.4 is 0 Å². The van der Waals surface area contributed by atoms with Gasteiger partial charge in [-0.25, -0.2) is 4.85 Å². The van der Waals surface area contributed by atoms with Crippen molar-refractivity contribution in [3.8, 4) is 5.69 Å². The first-order chi connectivity index (χ1) is 14.2. The van der Waals surface area contributed by atoms with Crippen molar-refractivity contribution in [2.75, 3.05) is 0 Å². The predicted molar refractivity (Wildman–Crippen MR) is 119 cm³/mol. The number of hydrogen-bond acceptors (Lipinski definition) is 1. The lowest BCUT2D eigenvalue weighted by Crippen LogP contribution is -1.93. The molecule has 2 aromatic heterocycles. The lowest BCUT2D eigenvalue weighted by Gasteiger charge is -2.08. The van der Waals surface area contributed by atoms with Crippen LogP contribution in [0.15, 0.2) is 83.3 Å². The van der Waals surface area contributed by atoms with E-state index in [1.807, 2.05) is 24.3 Å². The largest absolute Gasteiger partial charge is 0.456 e. The Morgan fingerprint density at radius 1 is 0.724 bits per heavy atom. The number of rotatable bonds is 1. The number of aromatic nitrogens is 1. The SMILES string of the molecule is [C-]#[N+]c1ccc2c3ccccc3n(-c3ccc4oc5ccc(C)cc5c4c3)c2c1. The number of fused-ring (bicyclic) bond motifs is 6. The molecular weight excluding hydrogens is 356 g/mol. The van der Waals surface area contributed by atoms with Crippen LogP contribution in [0, 0.1) is 13.5 Å². The van der Waals surface area contributed by atoms with Crippen LogP contribution in [0.3, 0.4) is 0 Å². The molecule has 6 rings (SSSR count). The van der Waals surface area contributed by atoms with E-state index in [0.29, 0.717) is 5.69 Å². The van der Waals surface area contributed by atoms with E-state index in [4.69, 9.17) is 11.0 Å². The number of para-hydroxylation sites is 1. The molecule has 136 valence electrons. The first-order valence-corrected chi connectivity index (χ1v) is 9.57. The molecule has 0 bridgehead atoms. The van der Waals surface area contributed by atoms with Gasteiger partial charge in [-0.2, -0.15) is 0 Å². The molecule has 0 aliphatic rings. The fraction of sp³-hybridized carbons (Fsp3) is 0.0385. The van der Waals surface area contributed by atoms with E-state index < -0.39 is 0 Å². The van der Waals surface area contributed by atoms with Crippen LogP contribution in [0.5, 0.6) is 0 Å². The predicted octanol–water partition coefficient (Wildman–Crippen LogP) is 7.54.